The van der Waals surface area contributed by atoms with E-state index in [9.17, 15) is 0 Å². The van der Waals surface area contributed by atoms with Gasteiger partial charge in [-0.25, -0.2) is 0 Å². The van der Waals surface area contributed by atoms with Gasteiger partial charge in [-0.1, -0.05) is 30.3 Å². The van der Waals surface area contributed by atoms with Gasteiger partial charge in [-0.3, -0.25) is 0 Å². The van der Waals surface area contributed by atoms with Gasteiger partial charge < -0.3 is 10.1 Å². The molecule has 1 aromatic heterocycles. The Balaban J connectivity index is 1.57. The van der Waals surface area contributed by atoms with Crippen LogP contribution in [-0.2, 0) is 11.3 Å². The van der Waals surface area contributed by atoms with Crippen LogP contribution in [0.3, 0.4) is 0 Å². The Morgan fingerprint density at radius 3 is 2.90 bits per heavy atom. The molecule has 0 bridgehead atoms. The van der Waals surface area contributed by atoms with Crippen LogP contribution in [0, 0.1) is 0 Å². The molecule has 0 radical (unpaired) electrons. The molecule has 1 N–H and O–H groups in total. The summed E-state index contributed by atoms with van der Waals surface area (Å²) in [5.74, 6) is 0. The summed E-state index contributed by atoms with van der Waals surface area (Å²) in [6, 6.07) is 13.3. The summed E-state index contributed by atoms with van der Waals surface area (Å²) in [5.41, 5.74) is 2.61. The van der Waals surface area contributed by atoms with E-state index in [1.807, 2.05) is 11.3 Å². The van der Waals surface area contributed by atoms with Crippen LogP contribution in [-0.4, -0.2) is 18.8 Å². The van der Waals surface area contributed by atoms with Gasteiger partial charge in [-0.2, -0.15) is 0 Å². The fraction of sp³-hybridized carbons (Fsp3) is 0.412. The zero-order chi connectivity index (χ0) is 13.8. The maximum Gasteiger partial charge on any atom is 0.0726 e. The number of benzene rings is 1. The van der Waals surface area contributed by atoms with Crippen molar-refractivity contribution >= 4 is 11.3 Å². The number of nitrogens with one attached hydrogen (secondary N) is 1. The zero-order valence-electron chi connectivity index (χ0n) is 11.8. The molecule has 2 aromatic rings. The average molecular weight is 287 g/mol. The molecular formula is C17H21NOS. The lowest BCUT2D eigenvalue weighted by Crippen LogP contribution is -2.36. The minimum Gasteiger partial charge on any atom is -0.377 e. The molecule has 106 valence electrons. The first-order valence-electron chi connectivity index (χ1n) is 7.31. The molecule has 2 unspecified atom stereocenters. The Morgan fingerprint density at radius 2 is 2.15 bits per heavy atom. The Labute approximate surface area is 124 Å². The van der Waals surface area contributed by atoms with Crippen molar-refractivity contribution in [1.29, 1.82) is 0 Å². The van der Waals surface area contributed by atoms with Gasteiger partial charge in [0.25, 0.3) is 0 Å². The van der Waals surface area contributed by atoms with Gasteiger partial charge in [-0.05, 0) is 42.3 Å². The van der Waals surface area contributed by atoms with Crippen molar-refractivity contribution in [3.8, 4) is 11.1 Å². The van der Waals surface area contributed by atoms with Gasteiger partial charge in [0.05, 0.1) is 6.10 Å². The minimum atomic E-state index is 0.392. The summed E-state index contributed by atoms with van der Waals surface area (Å²) in [6.45, 7) is 4.08. The van der Waals surface area contributed by atoms with E-state index in [1.54, 1.807) is 0 Å². The molecule has 0 aliphatic carbocycles. The lowest BCUT2D eigenvalue weighted by Gasteiger charge is -2.19. The number of thiophene rings is 1. The van der Waals surface area contributed by atoms with E-state index in [4.69, 9.17) is 4.74 Å². The Hall–Kier alpha value is -1.16. The summed E-state index contributed by atoms with van der Waals surface area (Å²) in [6.07, 6.45) is 2.78. The van der Waals surface area contributed by atoms with Gasteiger partial charge in [0.15, 0.2) is 0 Å². The van der Waals surface area contributed by atoms with E-state index in [-0.39, 0.29) is 0 Å². The maximum atomic E-state index is 5.72. The van der Waals surface area contributed by atoms with E-state index < -0.39 is 0 Å². The third kappa shape index (κ3) is 3.29. The summed E-state index contributed by atoms with van der Waals surface area (Å²) >= 11 is 1.83. The van der Waals surface area contributed by atoms with Crippen LogP contribution < -0.4 is 5.32 Å². The van der Waals surface area contributed by atoms with Crippen molar-refractivity contribution < 1.29 is 4.74 Å². The lowest BCUT2D eigenvalue weighted by atomic mass is 10.1. The normalized spacial score (nSPS) is 20.1. The smallest absolute Gasteiger partial charge is 0.0726 e. The molecule has 1 aliphatic heterocycles. The second kappa shape index (κ2) is 6.53. The van der Waals surface area contributed by atoms with Gasteiger partial charge in [0, 0.05) is 24.1 Å². The van der Waals surface area contributed by atoms with Gasteiger partial charge in [-0.15, -0.1) is 11.3 Å². The molecule has 0 amide bonds. The van der Waals surface area contributed by atoms with Crippen LogP contribution in [0.1, 0.15) is 24.6 Å². The summed E-state index contributed by atoms with van der Waals surface area (Å²) < 4.78 is 5.72. The third-order valence-electron chi connectivity index (χ3n) is 3.88. The quantitative estimate of drug-likeness (QED) is 0.895. The van der Waals surface area contributed by atoms with Crippen LogP contribution in [0.2, 0.25) is 0 Å². The lowest BCUT2D eigenvalue weighted by molar-refractivity contribution is 0.0833. The number of hydrogen-bond donors (Lipinski definition) is 1. The molecule has 20 heavy (non-hydrogen) atoms. The highest BCUT2D eigenvalue weighted by molar-refractivity contribution is 7.10. The third-order valence-corrected chi connectivity index (χ3v) is 4.82. The van der Waals surface area contributed by atoms with Crippen molar-refractivity contribution in [2.24, 2.45) is 0 Å². The van der Waals surface area contributed by atoms with Crippen LogP contribution in [0.4, 0.5) is 0 Å². The predicted octanol–water partition coefficient (Wildman–Crippen LogP) is 4.07. The van der Waals surface area contributed by atoms with Crippen LogP contribution in [0.5, 0.6) is 0 Å². The van der Waals surface area contributed by atoms with Crippen LogP contribution >= 0.6 is 11.3 Å². The van der Waals surface area contributed by atoms with Crippen molar-refractivity contribution in [2.45, 2.75) is 38.5 Å². The second-order valence-corrected chi connectivity index (χ2v) is 6.38. The molecule has 0 saturated carbocycles. The van der Waals surface area contributed by atoms with Crippen LogP contribution in [0.15, 0.2) is 41.8 Å². The minimum absolute atomic E-state index is 0.392. The van der Waals surface area contributed by atoms with Gasteiger partial charge in [0.1, 0.15) is 0 Å². The first-order chi connectivity index (χ1) is 9.83. The molecule has 3 heteroatoms. The van der Waals surface area contributed by atoms with E-state index in [0.29, 0.717) is 12.1 Å². The first-order valence-corrected chi connectivity index (χ1v) is 8.19. The number of hydrogen-bond acceptors (Lipinski definition) is 3. The monoisotopic (exact) mass is 287 g/mol. The predicted molar refractivity (Wildman–Crippen MR) is 85.0 cm³/mol. The Morgan fingerprint density at radius 1 is 1.30 bits per heavy atom. The van der Waals surface area contributed by atoms with E-state index in [0.717, 1.165) is 13.2 Å². The van der Waals surface area contributed by atoms with E-state index in [2.05, 4.69) is 54.0 Å². The second-order valence-electron chi connectivity index (χ2n) is 5.39. The Kier molecular flexibility index (Phi) is 4.51. The summed E-state index contributed by atoms with van der Waals surface area (Å²) in [7, 11) is 0. The molecule has 2 atom stereocenters. The Bertz CT molecular complexity index is 531. The first kappa shape index (κ1) is 13.8. The van der Waals surface area contributed by atoms with Gasteiger partial charge in [0.2, 0.25) is 0 Å². The summed E-state index contributed by atoms with van der Waals surface area (Å²) in [4.78, 5) is 1.38. The van der Waals surface area contributed by atoms with E-state index in [1.165, 1.54) is 28.8 Å². The number of rotatable bonds is 5. The molecule has 2 heterocycles. The SMILES string of the molecule is CC(NCc1cc(-c2ccccc2)cs1)C1CCCO1. The van der Waals surface area contributed by atoms with Crippen molar-refractivity contribution in [3.63, 3.8) is 0 Å². The highest BCUT2D eigenvalue weighted by atomic mass is 32.1. The zero-order valence-corrected chi connectivity index (χ0v) is 12.7. The molecule has 0 spiro atoms. The molecule has 1 fully saturated rings. The maximum absolute atomic E-state index is 5.72. The van der Waals surface area contributed by atoms with Gasteiger partial charge >= 0.3 is 0 Å². The largest absolute Gasteiger partial charge is 0.377 e. The molecule has 1 aromatic carbocycles. The van der Waals surface area contributed by atoms with Crippen LogP contribution in [0.25, 0.3) is 11.1 Å². The fourth-order valence-corrected chi connectivity index (χ4v) is 3.49. The molecule has 1 saturated heterocycles. The molecular weight excluding hydrogens is 266 g/mol. The fourth-order valence-electron chi connectivity index (χ4n) is 2.65. The summed E-state index contributed by atoms with van der Waals surface area (Å²) in [5, 5.41) is 5.83. The van der Waals surface area contributed by atoms with Crippen molar-refractivity contribution in [2.75, 3.05) is 6.61 Å². The molecule has 2 nitrogen and oxygen atoms in total. The highest BCUT2D eigenvalue weighted by Gasteiger charge is 2.21. The highest BCUT2D eigenvalue weighted by Crippen LogP contribution is 2.25. The number of ether oxygens (including phenoxy) is 1. The average Bonchev–Trinajstić information content (AvgIpc) is 3.17. The topological polar surface area (TPSA) is 21.3 Å². The standard InChI is InChI=1S/C17H21NOS/c1-13(17-8-5-9-19-17)18-11-16-10-15(12-20-16)14-6-3-2-4-7-14/h2-4,6-7,10,12-13,17-18H,5,8-9,11H2,1H3. The molecule has 1 aliphatic rings. The van der Waals surface area contributed by atoms with Crippen molar-refractivity contribution in [1.82, 2.24) is 5.32 Å². The molecule has 3 rings (SSSR count). The van der Waals surface area contributed by atoms with E-state index >= 15 is 0 Å². The van der Waals surface area contributed by atoms with Crippen molar-refractivity contribution in [3.05, 3.63) is 46.7 Å².